The first kappa shape index (κ1) is 21.8. The summed E-state index contributed by atoms with van der Waals surface area (Å²) in [5.41, 5.74) is 2.07. The number of unbranched alkanes of at least 4 members (excludes halogenated alkanes) is 3. The molecule has 0 unspecified atom stereocenters. The molecule has 146 valence electrons. The Balaban J connectivity index is 1.88. The molecular formula is C21H28N2O2S2. The fourth-order valence-corrected chi connectivity index (χ4v) is 4.12. The van der Waals surface area contributed by atoms with Gasteiger partial charge in [0.25, 0.3) is 0 Å². The number of hydrogen-bond donors (Lipinski definition) is 0. The number of carbonyl (C=O) groups excluding carboxylic acids is 1. The van der Waals surface area contributed by atoms with Crippen LogP contribution in [0.3, 0.4) is 0 Å². The number of rotatable bonds is 11. The standard InChI is InChI=1S/C21H28N2O2S2/c1-4-6-7-8-13-26-21-22-14-18(15-23-21)17-9-11-19(12-10-17)27-16(3)20(24)25-5-2/h9-12,14-16H,4-8,13H2,1-3H3/t16-/m1/s1. The smallest absolute Gasteiger partial charge is 0.319 e. The van der Waals surface area contributed by atoms with E-state index in [1.165, 1.54) is 37.4 Å². The van der Waals surface area contributed by atoms with E-state index in [-0.39, 0.29) is 11.2 Å². The lowest BCUT2D eigenvalue weighted by atomic mass is 10.1. The van der Waals surface area contributed by atoms with Crippen LogP contribution < -0.4 is 0 Å². The molecule has 0 aliphatic rings. The number of aromatic nitrogens is 2. The lowest BCUT2D eigenvalue weighted by Crippen LogP contribution is -2.16. The van der Waals surface area contributed by atoms with Crippen molar-refractivity contribution in [3.63, 3.8) is 0 Å². The van der Waals surface area contributed by atoms with Gasteiger partial charge in [-0.1, -0.05) is 50.1 Å². The summed E-state index contributed by atoms with van der Waals surface area (Å²) in [5.74, 6) is 0.895. The summed E-state index contributed by atoms with van der Waals surface area (Å²) in [6.45, 7) is 6.32. The second kappa shape index (κ2) is 12.0. The third kappa shape index (κ3) is 7.54. The van der Waals surface area contributed by atoms with Gasteiger partial charge in [-0.2, -0.15) is 0 Å². The van der Waals surface area contributed by atoms with E-state index in [0.29, 0.717) is 6.61 Å². The minimum absolute atomic E-state index is 0.178. The second-order valence-electron chi connectivity index (χ2n) is 6.20. The van der Waals surface area contributed by atoms with Gasteiger partial charge >= 0.3 is 5.97 Å². The first-order valence-electron chi connectivity index (χ1n) is 9.52. The van der Waals surface area contributed by atoms with Crippen molar-refractivity contribution in [2.75, 3.05) is 12.4 Å². The zero-order valence-corrected chi connectivity index (χ0v) is 17.9. The van der Waals surface area contributed by atoms with Crippen molar-refractivity contribution in [2.24, 2.45) is 0 Å². The Bertz CT molecular complexity index is 690. The van der Waals surface area contributed by atoms with Crippen LogP contribution in [0.5, 0.6) is 0 Å². The van der Waals surface area contributed by atoms with Gasteiger partial charge in [-0.15, -0.1) is 11.8 Å². The highest BCUT2D eigenvalue weighted by Gasteiger charge is 2.15. The molecule has 0 saturated carbocycles. The largest absolute Gasteiger partial charge is 0.465 e. The monoisotopic (exact) mass is 404 g/mol. The third-order valence-corrected chi connectivity index (χ3v) is 6.03. The highest BCUT2D eigenvalue weighted by atomic mass is 32.2. The van der Waals surface area contributed by atoms with E-state index in [1.807, 2.05) is 50.5 Å². The fourth-order valence-electron chi connectivity index (χ4n) is 2.47. The highest BCUT2D eigenvalue weighted by Crippen LogP contribution is 2.27. The molecule has 1 atom stereocenters. The molecule has 0 aliphatic carbocycles. The summed E-state index contributed by atoms with van der Waals surface area (Å²) in [6.07, 6.45) is 8.81. The van der Waals surface area contributed by atoms with E-state index in [2.05, 4.69) is 16.9 Å². The van der Waals surface area contributed by atoms with Crippen molar-refractivity contribution in [3.05, 3.63) is 36.7 Å². The number of nitrogens with zero attached hydrogens (tertiary/aromatic N) is 2. The Labute approximate surface area is 170 Å². The van der Waals surface area contributed by atoms with Crippen molar-refractivity contribution in [2.45, 2.75) is 61.8 Å². The van der Waals surface area contributed by atoms with E-state index in [0.717, 1.165) is 26.9 Å². The number of thioether (sulfide) groups is 2. The molecule has 27 heavy (non-hydrogen) atoms. The fraction of sp³-hybridized carbons (Fsp3) is 0.476. The van der Waals surface area contributed by atoms with Crippen LogP contribution in [0.2, 0.25) is 0 Å². The Morgan fingerprint density at radius 1 is 1.04 bits per heavy atom. The first-order chi connectivity index (χ1) is 13.1. The zero-order valence-electron chi connectivity index (χ0n) is 16.3. The molecule has 0 bridgehead atoms. The van der Waals surface area contributed by atoms with Gasteiger partial charge in [0.2, 0.25) is 0 Å². The van der Waals surface area contributed by atoms with Crippen LogP contribution >= 0.6 is 23.5 Å². The van der Waals surface area contributed by atoms with Crippen LogP contribution in [-0.2, 0) is 9.53 Å². The Hall–Kier alpha value is -1.53. The van der Waals surface area contributed by atoms with Crippen molar-refractivity contribution >= 4 is 29.5 Å². The molecule has 0 radical (unpaired) electrons. The molecule has 0 N–H and O–H groups in total. The van der Waals surface area contributed by atoms with Gasteiger partial charge in [-0.3, -0.25) is 4.79 Å². The molecule has 0 fully saturated rings. The van der Waals surface area contributed by atoms with E-state index in [9.17, 15) is 4.79 Å². The number of esters is 1. The van der Waals surface area contributed by atoms with Crippen LogP contribution in [0.25, 0.3) is 11.1 Å². The quantitative estimate of drug-likeness (QED) is 0.202. The SMILES string of the molecule is CCCCCCSc1ncc(-c2ccc(S[C@H](C)C(=O)OCC)cc2)cn1. The molecule has 0 spiro atoms. The first-order valence-corrected chi connectivity index (χ1v) is 11.4. The lowest BCUT2D eigenvalue weighted by Gasteiger charge is -2.10. The third-order valence-electron chi connectivity index (χ3n) is 3.98. The van der Waals surface area contributed by atoms with Crippen LogP contribution in [0, 0.1) is 0 Å². The average molecular weight is 405 g/mol. The average Bonchev–Trinajstić information content (AvgIpc) is 2.69. The van der Waals surface area contributed by atoms with Gasteiger partial charge in [0, 0.05) is 28.6 Å². The summed E-state index contributed by atoms with van der Waals surface area (Å²) in [5, 5.41) is 0.624. The molecule has 0 saturated heterocycles. The number of hydrogen-bond acceptors (Lipinski definition) is 6. The summed E-state index contributed by atoms with van der Waals surface area (Å²) >= 11 is 3.22. The summed E-state index contributed by atoms with van der Waals surface area (Å²) in [6, 6.07) is 8.12. The summed E-state index contributed by atoms with van der Waals surface area (Å²) < 4.78 is 5.05. The Kier molecular flexibility index (Phi) is 9.70. The molecule has 2 aromatic rings. The van der Waals surface area contributed by atoms with Gasteiger partial charge in [-0.05, 0) is 38.0 Å². The lowest BCUT2D eigenvalue weighted by molar-refractivity contribution is -0.142. The normalized spacial score (nSPS) is 12.0. The second-order valence-corrected chi connectivity index (χ2v) is 8.68. The van der Waals surface area contributed by atoms with Gasteiger partial charge < -0.3 is 4.74 Å². The molecule has 1 aromatic carbocycles. The van der Waals surface area contributed by atoms with E-state index in [4.69, 9.17) is 4.74 Å². The van der Waals surface area contributed by atoms with Gasteiger partial charge in [0.05, 0.1) is 6.61 Å². The minimum atomic E-state index is -0.215. The Morgan fingerprint density at radius 2 is 1.74 bits per heavy atom. The van der Waals surface area contributed by atoms with Crippen molar-refractivity contribution in [1.82, 2.24) is 9.97 Å². The van der Waals surface area contributed by atoms with Crippen LogP contribution in [0.1, 0.15) is 46.5 Å². The minimum Gasteiger partial charge on any atom is -0.465 e. The number of benzene rings is 1. The molecular weight excluding hydrogens is 376 g/mol. The molecule has 0 aliphatic heterocycles. The molecule has 1 aromatic heterocycles. The molecule has 0 amide bonds. The molecule has 4 nitrogen and oxygen atoms in total. The highest BCUT2D eigenvalue weighted by molar-refractivity contribution is 8.00. The van der Waals surface area contributed by atoms with Gasteiger partial charge in [-0.25, -0.2) is 9.97 Å². The molecule has 2 rings (SSSR count). The van der Waals surface area contributed by atoms with E-state index >= 15 is 0 Å². The maximum Gasteiger partial charge on any atom is 0.319 e. The Morgan fingerprint density at radius 3 is 2.37 bits per heavy atom. The van der Waals surface area contributed by atoms with Crippen LogP contribution in [0.4, 0.5) is 0 Å². The van der Waals surface area contributed by atoms with Crippen molar-refractivity contribution in [3.8, 4) is 11.1 Å². The predicted molar refractivity (Wildman–Crippen MR) is 114 cm³/mol. The zero-order chi connectivity index (χ0) is 19.5. The van der Waals surface area contributed by atoms with Crippen LogP contribution in [0.15, 0.2) is 46.7 Å². The molecule has 1 heterocycles. The molecule has 6 heteroatoms. The number of ether oxygens (including phenoxy) is 1. The number of carbonyl (C=O) groups is 1. The predicted octanol–water partition coefficient (Wildman–Crippen LogP) is 5.86. The van der Waals surface area contributed by atoms with Gasteiger partial charge in [0.15, 0.2) is 5.16 Å². The topological polar surface area (TPSA) is 52.1 Å². The summed E-state index contributed by atoms with van der Waals surface area (Å²) in [7, 11) is 0. The summed E-state index contributed by atoms with van der Waals surface area (Å²) in [4.78, 5) is 21.7. The van der Waals surface area contributed by atoms with Crippen molar-refractivity contribution < 1.29 is 9.53 Å². The van der Waals surface area contributed by atoms with E-state index in [1.54, 1.807) is 11.8 Å². The van der Waals surface area contributed by atoms with Gasteiger partial charge in [0.1, 0.15) is 5.25 Å². The van der Waals surface area contributed by atoms with E-state index < -0.39 is 0 Å². The maximum absolute atomic E-state index is 11.7. The van der Waals surface area contributed by atoms with Crippen LogP contribution in [-0.4, -0.2) is 33.5 Å². The maximum atomic E-state index is 11.7. The van der Waals surface area contributed by atoms with Crippen molar-refractivity contribution in [1.29, 1.82) is 0 Å².